The predicted octanol–water partition coefficient (Wildman–Crippen LogP) is 5.22. The molecule has 2 aromatic heterocycles. The minimum Gasteiger partial charge on any atom is -0.324 e. The van der Waals surface area contributed by atoms with Gasteiger partial charge in [0.15, 0.2) is 0 Å². The van der Waals surface area contributed by atoms with Crippen LogP contribution in [0.25, 0.3) is 6.08 Å². The molecule has 2 atom stereocenters. The summed E-state index contributed by atoms with van der Waals surface area (Å²) < 4.78 is 0. The number of nitrogens with zero attached hydrogens (tertiary/aromatic N) is 3. The molecule has 0 saturated carbocycles. The molecule has 1 aliphatic rings. The van der Waals surface area contributed by atoms with Gasteiger partial charge in [-0.05, 0) is 77.1 Å². The molecule has 3 heterocycles. The second-order valence-electron chi connectivity index (χ2n) is 9.42. The van der Waals surface area contributed by atoms with E-state index in [9.17, 15) is 9.59 Å². The molecular weight excluding hydrogens is 426 g/mol. The maximum atomic E-state index is 13.0. The number of allylic oxidation sites excluding steroid dienone is 1. The number of aryl methyl sites for hydroxylation is 2. The van der Waals surface area contributed by atoms with Gasteiger partial charge in [0.05, 0.1) is 35.4 Å². The predicted molar refractivity (Wildman–Crippen MR) is 138 cm³/mol. The maximum absolute atomic E-state index is 13.0. The van der Waals surface area contributed by atoms with Crippen LogP contribution >= 0.6 is 0 Å². The SMILES string of the molecule is CCC(C)/C(C)=C\c1cc(C(=O)Nc2cc(NC(=O)CN3CCCC3C)cnc2C)cnc1C. The zero-order valence-corrected chi connectivity index (χ0v) is 21.2. The largest absolute Gasteiger partial charge is 0.324 e. The zero-order valence-electron chi connectivity index (χ0n) is 21.2. The molecular formula is C27H37N5O2. The van der Waals surface area contributed by atoms with Crippen molar-refractivity contribution in [2.75, 3.05) is 23.7 Å². The van der Waals surface area contributed by atoms with Gasteiger partial charge in [-0.25, -0.2) is 0 Å². The Morgan fingerprint density at radius 3 is 2.59 bits per heavy atom. The molecule has 0 spiro atoms. The van der Waals surface area contributed by atoms with E-state index in [0.29, 0.717) is 41.1 Å². The summed E-state index contributed by atoms with van der Waals surface area (Å²) in [5, 5.41) is 5.84. The minimum atomic E-state index is -0.261. The van der Waals surface area contributed by atoms with Crippen LogP contribution in [-0.4, -0.2) is 45.8 Å². The first-order chi connectivity index (χ1) is 16.2. The number of likely N-dealkylation sites (tertiary alicyclic amines) is 1. The van der Waals surface area contributed by atoms with Gasteiger partial charge in [0, 0.05) is 17.9 Å². The average Bonchev–Trinajstić information content (AvgIpc) is 3.20. The van der Waals surface area contributed by atoms with Gasteiger partial charge >= 0.3 is 0 Å². The summed E-state index contributed by atoms with van der Waals surface area (Å²) in [5.41, 5.74) is 5.36. The molecule has 34 heavy (non-hydrogen) atoms. The second-order valence-corrected chi connectivity index (χ2v) is 9.42. The van der Waals surface area contributed by atoms with Crippen molar-refractivity contribution < 1.29 is 9.59 Å². The highest BCUT2D eigenvalue weighted by Crippen LogP contribution is 2.22. The Kier molecular flexibility index (Phi) is 8.56. The molecule has 7 nitrogen and oxygen atoms in total. The number of hydrogen-bond acceptors (Lipinski definition) is 5. The van der Waals surface area contributed by atoms with Gasteiger partial charge < -0.3 is 10.6 Å². The van der Waals surface area contributed by atoms with Crippen molar-refractivity contribution in [2.45, 2.75) is 66.8 Å². The summed E-state index contributed by atoms with van der Waals surface area (Å²) in [6.45, 7) is 13.7. The van der Waals surface area contributed by atoms with Gasteiger partial charge in [0.1, 0.15) is 0 Å². The van der Waals surface area contributed by atoms with Crippen LogP contribution in [0.1, 0.15) is 74.3 Å². The number of rotatable bonds is 8. The molecule has 182 valence electrons. The number of carbonyl (C=O) groups is 2. The normalized spacial score (nSPS) is 17.5. The Hall–Kier alpha value is -3.06. The molecule has 0 aromatic carbocycles. The highest BCUT2D eigenvalue weighted by atomic mass is 16.2. The van der Waals surface area contributed by atoms with Crippen molar-refractivity contribution in [3.63, 3.8) is 0 Å². The highest BCUT2D eigenvalue weighted by Gasteiger charge is 2.22. The fourth-order valence-corrected chi connectivity index (χ4v) is 4.07. The van der Waals surface area contributed by atoms with E-state index in [1.807, 2.05) is 19.9 Å². The Bertz CT molecular complexity index is 1080. The summed E-state index contributed by atoms with van der Waals surface area (Å²) >= 11 is 0. The lowest BCUT2D eigenvalue weighted by Crippen LogP contribution is -2.35. The van der Waals surface area contributed by atoms with E-state index in [-0.39, 0.29) is 11.8 Å². The third kappa shape index (κ3) is 6.50. The van der Waals surface area contributed by atoms with Crippen LogP contribution in [0, 0.1) is 19.8 Å². The molecule has 0 aliphatic carbocycles. The fraction of sp³-hybridized carbons (Fsp3) is 0.481. The first-order valence-electron chi connectivity index (χ1n) is 12.1. The lowest BCUT2D eigenvalue weighted by Gasteiger charge is -2.20. The minimum absolute atomic E-state index is 0.0764. The van der Waals surface area contributed by atoms with Crippen LogP contribution in [0.15, 0.2) is 30.1 Å². The first kappa shape index (κ1) is 25.6. The molecule has 0 radical (unpaired) electrons. The lowest BCUT2D eigenvalue weighted by atomic mass is 9.97. The van der Waals surface area contributed by atoms with Crippen molar-refractivity contribution in [1.29, 1.82) is 0 Å². The van der Waals surface area contributed by atoms with Gasteiger partial charge in [-0.2, -0.15) is 0 Å². The molecule has 1 fully saturated rings. The number of carbonyl (C=O) groups excluding carboxylic acids is 2. The van der Waals surface area contributed by atoms with Crippen LogP contribution in [0.5, 0.6) is 0 Å². The van der Waals surface area contributed by atoms with Gasteiger partial charge in [-0.3, -0.25) is 24.5 Å². The van der Waals surface area contributed by atoms with Crippen LogP contribution in [0.3, 0.4) is 0 Å². The molecule has 7 heteroatoms. The van der Waals surface area contributed by atoms with E-state index in [1.54, 1.807) is 18.5 Å². The van der Waals surface area contributed by atoms with Crippen LogP contribution in [0.2, 0.25) is 0 Å². The molecule has 0 bridgehead atoms. The Morgan fingerprint density at radius 1 is 1.18 bits per heavy atom. The topological polar surface area (TPSA) is 87.2 Å². The fourth-order valence-electron chi connectivity index (χ4n) is 4.07. The number of hydrogen-bond donors (Lipinski definition) is 2. The summed E-state index contributed by atoms with van der Waals surface area (Å²) in [4.78, 5) is 36.5. The van der Waals surface area contributed by atoms with Crippen molar-refractivity contribution in [2.24, 2.45) is 5.92 Å². The van der Waals surface area contributed by atoms with Crippen LogP contribution < -0.4 is 10.6 Å². The quantitative estimate of drug-likeness (QED) is 0.561. The summed E-state index contributed by atoms with van der Waals surface area (Å²) in [6, 6.07) is 4.05. The second kappa shape index (κ2) is 11.4. The summed E-state index contributed by atoms with van der Waals surface area (Å²) in [5.74, 6) is 0.132. The summed E-state index contributed by atoms with van der Waals surface area (Å²) in [6.07, 6.45) is 8.62. The number of amides is 2. The van der Waals surface area contributed by atoms with E-state index in [4.69, 9.17) is 0 Å². The first-order valence-corrected chi connectivity index (χ1v) is 12.1. The van der Waals surface area contributed by atoms with E-state index in [1.165, 1.54) is 5.57 Å². The lowest BCUT2D eigenvalue weighted by molar-refractivity contribution is -0.117. The molecule has 2 amide bonds. The van der Waals surface area contributed by atoms with Crippen molar-refractivity contribution >= 4 is 29.3 Å². The van der Waals surface area contributed by atoms with Crippen molar-refractivity contribution in [1.82, 2.24) is 14.9 Å². The van der Waals surface area contributed by atoms with Gasteiger partial charge in [-0.15, -0.1) is 0 Å². The number of aromatic nitrogens is 2. The van der Waals surface area contributed by atoms with Crippen molar-refractivity contribution in [3.8, 4) is 0 Å². The monoisotopic (exact) mass is 463 g/mol. The number of anilines is 2. The molecule has 2 unspecified atom stereocenters. The Morgan fingerprint density at radius 2 is 1.91 bits per heavy atom. The van der Waals surface area contributed by atoms with E-state index < -0.39 is 0 Å². The van der Waals surface area contributed by atoms with E-state index in [0.717, 1.165) is 37.1 Å². The van der Waals surface area contributed by atoms with E-state index >= 15 is 0 Å². The van der Waals surface area contributed by atoms with Gasteiger partial charge in [0.2, 0.25) is 5.91 Å². The van der Waals surface area contributed by atoms with Crippen LogP contribution in [0.4, 0.5) is 11.4 Å². The highest BCUT2D eigenvalue weighted by molar-refractivity contribution is 6.05. The van der Waals surface area contributed by atoms with Gasteiger partial charge in [0.25, 0.3) is 5.91 Å². The van der Waals surface area contributed by atoms with E-state index in [2.05, 4.69) is 59.3 Å². The molecule has 2 aromatic rings. The third-order valence-electron chi connectivity index (χ3n) is 6.82. The Balaban J connectivity index is 1.72. The summed E-state index contributed by atoms with van der Waals surface area (Å²) in [7, 11) is 0. The molecule has 1 saturated heterocycles. The molecule has 1 aliphatic heterocycles. The number of nitrogens with one attached hydrogen (secondary N) is 2. The molecule has 3 rings (SSSR count). The van der Waals surface area contributed by atoms with Crippen molar-refractivity contribution in [3.05, 3.63) is 52.6 Å². The third-order valence-corrected chi connectivity index (χ3v) is 6.82. The average molecular weight is 464 g/mol. The van der Waals surface area contributed by atoms with Gasteiger partial charge in [-0.1, -0.05) is 25.5 Å². The molecule has 2 N–H and O–H groups in total. The zero-order chi connectivity index (χ0) is 24.8. The standard InChI is InChI=1S/C27H37N5O2/c1-7-17(2)18(3)11-22-12-23(14-28-20(22)5)27(34)31-25-13-24(15-29-21(25)6)30-26(33)16-32-10-8-9-19(32)4/h11-15,17,19H,7-10,16H2,1-6H3,(H,30,33)(H,31,34)/b18-11-. The Labute approximate surface area is 203 Å². The smallest absolute Gasteiger partial charge is 0.257 e. The number of pyridine rings is 2. The maximum Gasteiger partial charge on any atom is 0.257 e. The van der Waals surface area contributed by atoms with Crippen LogP contribution in [-0.2, 0) is 4.79 Å².